The van der Waals surface area contributed by atoms with Gasteiger partial charge in [0, 0.05) is 135 Å². The first kappa shape index (κ1) is 41.4. The smallest absolute Gasteiger partial charge is 0.0705 e. The molecule has 0 spiro atoms. The van der Waals surface area contributed by atoms with Crippen LogP contribution in [0.15, 0.2) is 109 Å². The van der Waals surface area contributed by atoms with Crippen molar-refractivity contribution < 1.29 is 0 Å². The van der Waals surface area contributed by atoms with Crippen LogP contribution < -0.4 is 31.9 Å². The zero-order valence-electron chi connectivity index (χ0n) is 33.8. The molecule has 12 nitrogen and oxygen atoms in total. The van der Waals surface area contributed by atoms with Gasteiger partial charge < -0.3 is 31.9 Å². The van der Waals surface area contributed by atoms with Crippen molar-refractivity contribution >= 4 is 21.8 Å². The van der Waals surface area contributed by atoms with Gasteiger partial charge in [-0.25, -0.2) is 0 Å². The maximum Gasteiger partial charge on any atom is 0.0705 e. The molecule has 0 fully saturated rings. The van der Waals surface area contributed by atoms with Crippen molar-refractivity contribution in [3.05, 3.63) is 143 Å². The predicted molar refractivity (Wildman–Crippen MR) is 235 cm³/mol. The summed E-state index contributed by atoms with van der Waals surface area (Å²) in [5.74, 6) is 0. The number of para-hydroxylation sites is 2. The second kappa shape index (κ2) is 23.0. The minimum Gasteiger partial charge on any atom is -0.311 e. The summed E-state index contributed by atoms with van der Waals surface area (Å²) >= 11 is 0. The van der Waals surface area contributed by atoms with Gasteiger partial charge in [-0.1, -0.05) is 54.6 Å². The fourth-order valence-electron chi connectivity index (χ4n) is 7.37. The van der Waals surface area contributed by atoms with Gasteiger partial charge in [-0.2, -0.15) is 0 Å². The molecule has 4 bridgehead atoms. The minimum absolute atomic E-state index is 0.801. The van der Waals surface area contributed by atoms with E-state index in [1.807, 2.05) is 18.3 Å². The molecule has 0 saturated heterocycles. The van der Waals surface area contributed by atoms with Crippen molar-refractivity contribution in [3.63, 3.8) is 0 Å². The van der Waals surface area contributed by atoms with Crippen molar-refractivity contribution in [2.45, 2.75) is 39.3 Å². The lowest BCUT2D eigenvalue weighted by Crippen LogP contribution is -2.40. The highest BCUT2D eigenvalue weighted by atomic mass is 15.2. The fraction of sp³-hybridized carbons (Fsp3) is 0.391. The molecule has 2 aromatic carbocycles. The normalized spacial score (nSPS) is 16.3. The largest absolute Gasteiger partial charge is 0.311 e. The van der Waals surface area contributed by atoms with E-state index in [1.54, 1.807) is 0 Å². The van der Waals surface area contributed by atoms with Crippen LogP contribution in [0.1, 0.15) is 34.0 Å². The van der Waals surface area contributed by atoms with E-state index >= 15 is 0 Å². The highest BCUT2D eigenvalue weighted by molar-refractivity contribution is 5.81. The molecule has 6 N–H and O–H groups in total. The Kier molecular flexibility index (Phi) is 16.4. The summed E-state index contributed by atoms with van der Waals surface area (Å²) in [5, 5.41) is 23.7. The Hall–Kier alpha value is -4.76. The van der Waals surface area contributed by atoms with Crippen LogP contribution in [-0.2, 0) is 39.3 Å². The van der Waals surface area contributed by atoms with E-state index in [4.69, 9.17) is 4.98 Å². The molecule has 2 aliphatic heterocycles. The van der Waals surface area contributed by atoms with Gasteiger partial charge in [-0.15, -0.1) is 0 Å². The molecule has 6 aromatic rings. The number of fused-ring (bicyclic) bond motifs is 6. The third-order valence-corrected chi connectivity index (χ3v) is 10.6. The first-order valence-electron chi connectivity index (χ1n) is 21.0. The van der Waals surface area contributed by atoms with Crippen LogP contribution in [0, 0.1) is 0 Å². The molecule has 12 heteroatoms. The highest BCUT2D eigenvalue weighted by Gasteiger charge is 2.09. The second-order valence-corrected chi connectivity index (χ2v) is 15.0. The van der Waals surface area contributed by atoms with Gasteiger partial charge in [-0.05, 0) is 54.1 Å². The van der Waals surface area contributed by atoms with Crippen LogP contribution >= 0.6 is 0 Å². The monoisotopic (exact) mass is 781 g/mol. The van der Waals surface area contributed by atoms with E-state index in [-0.39, 0.29) is 0 Å². The summed E-state index contributed by atoms with van der Waals surface area (Å²) in [4.78, 5) is 23.6. The average molecular weight is 781 g/mol. The number of rotatable bonds is 10. The first-order valence-corrected chi connectivity index (χ1v) is 21.0. The molecule has 0 amide bonds. The maximum atomic E-state index is 4.74. The van der Waals surface area contributed by atoms with Crippen LogP contribution in [0.4, 0.5) is 0 Å². The van der Waals surface area contributed by atoms with Crippen molar-refractivity contribution in [1.82, 2.24) is 61.6 Å². The number of benzene rings is 2. The maximum absolute atomic E-state index is 4.74. The zero-order valence-corrected chi connectivity index (χ0v) is 33.8. The summed E-state index contributed by atoms with van der Waals surface area (Å²) < 4.78 is 0. The SMILES string of the molecule is c1cc2nc(c1)CNCCN(CCNCc1ccc3ccccc3n1)CCNC2.c1cc2nc(c1)CNCCN(CCNCc1ccnc3ccccc13)CCNC2. The standard InChI is InChI=1S/2C23H30N6/c1-2-7-23-22(6-1)19(8-9-27-23)16-24-10-13-29-14-11-25-17-20-4-3-5-21(28-20)18-26-12-15-29;1-2-7-23-19(4-1)8-9-22(28-23)18-26-12-15-29-13-10-24-16-20-5-3-6-21(27-20)17-25-11-14-29/h2*1-9,24-26H,10-18H2. The Morgan fingerprint density at radius 1 is 0.483 bits per heavy atom. The number of hydrogen-bond acceptors (Lipinski definition) is 12. The third-order valence-electron chi connectivity index (χ3n) is 10.6. The Balaban J connectivity index is 0.000000177. The van der Waals surface area contributed by atoms with Crippen molar-refractivity contribution in [2.75, 3.05) is 78.5 Å². The van der Waals surface area contributed by atoms with E-state index in [2.05, 4.69) is 148 Å². The van der Waals surface area contributed by atoms with Crippen LogP contribution in [0.25, 0.3) is 21.8 Å². The lowest BCUT2D eigenvalue weighted by atomic mass is 10.1. The van der Waals surface area contributed by atoms with E-state index in [0.717, 1.165) is 157 Å². The van der Waals surface area contributed by atoms with Crippen molar-refractivity contribution in [2.24, 2.45) is 0 Å². The van der Waals surface area contributed by atoms with Crippen LogP contribution in [-0.4, -0.2) is 108 Å². The van der Waals surface area contributed by atoms with E-state index in [0.29, 0.717) is 0 Å². The average Bonchev–Trinajstić information content (AvgIpc) is 3.26. The molecule has 304 valence electrons. The highest BCUT2D eigenvalue weighted by Crippen LogP contribution is 2.16. The zero-order chi connectivity index (χ0) is 39.5. The number of pyridine rings is 4. The van der Waals surface area contributed by atoms with Crippen LogP contribution in [0.5, 0.6) is 0 Å². The van der Waals surface area contributed by atoms with Crippen molar-refractivity contribution in [1.29, 1.82) is 0 Å². The predicted octanol–water partition coefficient (Wildman–Crippen LogP) is 3.83. The third kappa shape index (κ3) is 13.4. The molecule has 0 unspecified atom stereocenters. The topological polar surface area (TPSA) is 130 Å². The van der Waals surface area contributed by atoms with Gasteiger partial charge in [-0.3, -0.25) is 29.7 Å². The summed E-state index contributed by atoms with van der Waals surface area (Å²) in [6.07, 6.45) is 1.90. The molecule has 6 heterocycles. The molecule has 2 aliphatic rings. The van der Waals surface area contributed by atoms with Crippen LogP contribution in [0.2, 0.25) is 0 Å². The molecule has 0 atom stereocenters. The second-order valence-electron chi connectivity index (χ2n) is 15.0. The summed E-state index contributed by atoms with van der Waals surface area (Å²) in [7, 11) is 0. The fourth-order valence-corrected chi connectivity index (χ4v) is 7.37. The number of nitrogens with zero attached hydrogens (tertiary/aromatic N) is 6. The number of nitrogens with one attached hydrogen (secondary N) is 6. The molecular weight excluding hydrogens is 721 g/mol. The van der Waals surface area contributed by atoms with E-state index < -0.39 is 0 Å². The van der Waals surface area contributed by atoms with Gasteiger partial charge in [0.1, 0.15) is 0 Å². The van der Waals surface area contributed by atoms with Gasteiger partial charge in [0.25, 0.3) is 0 Å². The van der Waals surface area contributed by atoms with E-state index in [9.17, 15) is 0 Å². The molecule has 0 radical (unpaired) electrons. The van der Waals surface area contributed by atoms with Gasteiger partial charge in [0.05, 0.1) is 39.5 Å². The Labute approximate surface area is 343 Å². The van der Waals surface area contributed by atoms with Gasteiger partial charge >= 0.3 is 0 Å². The molecule has 0 aliphatic carbocycles. The quantitative estimate of drug-likeness (QED) is 0.113. The molecule has 0 saturated carbocycles. The summed E-state index contributed by atoms with van der Waals surface area (Å²) in [5.41, 5.74) is 8.97. The molecular formula is C46H60N12. The lowest BCUT2D eigenvalue weighted by molar-refractivity contribution is 0.270. The number of hydrogen-bond donors (Lipinski definition) is 6. The Bertz CT molecular complexity index is 2060. The Morgan fingerprint density at radius 2 is 1.00 bits per heavy atom. The molecule has 8 rings (SSSR count). The van der Waals surface area contributed by atoms with Gasteiger partial charge in [0.15, 0.2) is 0 Å². The summed E-state index contributed by atoms with van der Waals surface area (Å²) in [6, 6.07) is 35.5. The molecule has 58 heavy (non-hydrogen) atoms. The van der Waals surface area contributed by atoms with Crippen LogP contribution in [0.3, 0.4) is 0 Å². The van der Waals surface area contributed by atoms with Gasteiger partial charge in [0.2, 0.25) is 0 Å². The van der Waals surface area contributed by atoms with Crippen molar-refractivity contribution in [3.8, 4) is 0 Å². The Morgan fingerprint density at radius 3 is 1.59 bits per heavy atom. The number of aromatic nitrogens is 4. The first-order chi connectivity index (χ1) is 28.7. The summed E-state index contributed by atoms with van der Waals surface area (Å²) in [6.45, 7) is 17.0. The molecule has 4 aromatic heterocycles. The minimum atomic E-state index is 0.801. The lowest BCUT2D eigenvalue weighted by Gasteiger charge is -2.23. The van der Waals surface area contributed by atoms with E-state index in [1.165, 1.54) is 16.3 Å².